The molecule has 1 heterocycles. The summed E-state index contributed by atoms with van der Waals surface area (Å²) in [5, 5.41) is 12.0. The van der Waals surface area contributed by atoms with Gasteiger partial charge in [-0.1, -0.05) is 29.3 Å². The maximum absolute atomic E-state index is 5.99. The molecule has 7 heteroatoms. The van der Waals surface area contributed by atoms with Crippen LogP contribution < -0.4 is 10.6 Å². The molecule has 0 aliphatic carbocycles. The van der Waals surface area contributed by atoms with Crippen molar-refractivity contribution in [2.45, 2.75) is 13.5 Å². The topological polar surface area (TPSA) is 41.9 Å². The molecule has 2 aromatic rings. The molecule has 0 radical (unpaired) electrons. The van der Waals surface area contributed by atoms with Gasteiger partial charge in [-0.25, -0.2) is 0 Å². The minimum atomic E-state index is 0.544. The molecule has 0 atom stereocenters. The standard InChI is InChI=1S/C13H14Cl2N4S/c1-2-16-13(20)18-10-6-17-19(8-10)7-9-3-4-11(14)12(15)5-9/h3-6,8H,2,7H2,1H3,(H2,16,18,20). The van der Waals surface area contributed by atoms with E-state index in [1.807, 2.05) is 25.3 Å². The Kier molecular flexibility index (Phi) is 5.23. The van der Waals surface area contributed by atoms with Crippen molar-refractivity contribution in [2.75, 3.05) is 11.9 Å². The molecule has 0 fully saturated rings. The molecular formula is C13H14Cl2N4S. The number of hydrogen-bond donors (Lipinski definition) is 2. The quantitative estimate of drug-likeness (QED) is 0.842. The van der Waals surface area contributed by atoms with Crippen LogP contribution in [0.4, 0.5) is 5.69 Å². The van der Waals surface area contributed by atoms with Crippen LogP contribution in [-0.2, 0) is 6.54 Å². The molecule has 0 spiro atoms. The van der Waals surface area contributed by atoms with Crippen LogP contribution in [0, 0.1) is 0 Å². The molecule has 0 saturated heterocycles. The molecule has 1 aromatic carbocycles. The predicted octanol–water partition coefficient (Wildman–Crippen LogP) is 3.54. The van der Waals surface area contributed by atoms with Crippen molar-refractivity contribution in [1.29, 1.82) is 0 Å². The molecule has 106 valence electrons. The molecule has 1 aromatic heterocycles. The second-order valence-electron chi connectivity index (χ2n) is 4.16. The zero-order valence-corrected chi connectivity index (χ0v) is 13.2. The zero-order chi connectivity index (χ0) is 14.5. The second kappa shape index (κ2) is 6.92. The molecular weight excluding hydrogens is 315 g/mol. The summed E-state index contributed by atoms with van der Waals surface area (Å²) in [5.41, 5.74) is 1.87. The molecule has 0 amide bonds. The largest absolute Gasteiger partial charge is 0.363 e. The van der Waals surface area contributed by atoms with Crippen molar-refractivity contribution in [2.24, 2.45) is 0 Å². The zero-order valence-electron chi connectivity index (χ0n) is 10.9. The van der Waals surface area contributed by atoms with Crippen molar-refractivity contribution < 1.29 is 0 Å². The maximum Gasteiger partial charge on any atom is 0.170 e. The Morgan fingerprint density at radius 3 is 2.85 bits per heavy atom. The van der Waals surface area contributed by atoms with E-state index in [0.717, 1.165) is 17.8 Å². The molecule has 0 aliphatic heterocycles. The average molecular weight is 329 g/mol. The maximum atomic E-state index is 5.99. The SMILES string of the molecule is CCNC(=S)Nc1cnn(Cc2ccc(Cl)c(Cl)c2)c1. The summed E-state index contributed by atoms with van der Waals surface area (Å²) in [6, 6.07) is 5.54. The van der Waals surface area contributed by atoms with Gasteiger partial charge in [-0.15, -0.1) is 0 Å². The first-order valence-electron chi connectivity index (χ1n) is 6.09. The Morgan fingerprint density at radius 1 is 1.35 bits per heavy atom. The van der Waals surface area contributed by atoms with Crippen LogP contribution in [0.3, 0.4) is 0 Å². The fraction of sp³-hybridized carbons (Fsp3) is 0.231. The van der Waals surface area contributed by atoms with E-state index in [0.29, 0.717) is 21.7 Å². The first-order chi connectivity index (χ1) is 9.58. The molecule has 0 aliphatic rings. The highest BCUT2D eigenvalue weighted by Gasteiger charge is 2.03. The van der Waals surface area contributed by atoms with Crippen LogP contribution in [0.5, 0.6) is 0 Å². The summed E-state index contributed by atoms with van der Waals surface area (Å²) in [6.45, 7) is 3.39. The monoisotopic (exact) mass is 328 g/mol. The van der Waals surface area contributed by atoms with Gasteiger partial charge >= 0.3 is 0 Å². The number of hydrogen-bond acceptors (Lipinski definition) is 2. The number of anilines is 1. The van der Waals surface area contributed by atoms with Crippen molar-refractivity contribution in [1.82, 2.24) is 15.1 Å². The van der Waals surface area contributed by atoms with Crippen molar-refractivity contribution in [3.63, 3.8) is 0 Å². The first-order valence-corrected chi connectivity index (χ1v) is 7.26. The van der Waals surface area contributed by atoms with Crippen LogP contribution in [0.1, 0.15) is 12.5 Å². The minimum Gasteiger partial charge on any atom is -0.363 e. The number of aromatic nitrogens is 2. The molecule has 0 unspecified atom stereocenters. The summed E-state index contributed by atoms with van der Waals surface area (Å²) in [6.07, 6.45) is 3.60. The van der Waals surface area contributed by atoms with E-state index in [2.05, 4.69) is 15.7 Å². The summed E-state index contributed by atoms with van der Waals surface area (Å²) < 4.78 is 1.80. The normalized spacial score (nSPS) is 10.3. The number of thiocarbonyl (C=S) groups is 1. The van der Waals surface area contributed by atoms with E-state index in [-0.39, 0.29) is 0 Å². The highest BCUT2D eigenvalue weighted by molar-refractivity contribution is 7.80. The lowest BCUT2D eigenvalue weighted by Gasteiger charge is -2.06. The molecule has 0 saturated carbocycles. The Hall–Kier alpha value is -1.30. The minimum absolute atomic E-state index is 0.544. The van der Waals surface area contributed by atoms with Crippen molar-refractivity contribution in [3.8, 4) is 0 Å². The first kappa shape index (κ1) is 15.1. The van der Waals surface area contributed by atoms with Gasteiger partial charge in [-0.2, -0.15) is 5.10 Å². The van der Waals surface area contributed by atoms with Crippen molar-refractivity contribution in [3.05, 3.63) is 46.2 Å². The predicted molar refractivity (Wildman–Crippen MR) is 87.7 cm³/mol. The van der Waals surface area contributed by atoms with Gasteiger partial charge in [-0.3, -0.25) is 4.68 Å². The summed E-state index contributed by atoms with van der Waals surface area (Å²) in [4.78, 5) is 0. The summed E-state index contributed by atoms with van der Waals surface area (Å²) in [7, 11) is 0. The van der Waals surface area contributed by atoms with E-state index >= 15 is 0 Å². The van der Waals surface area contributed by atoms with Gasteiger partial charge in [-0.05, 0) is 36.8 Å². The average Bonchev–Trinajstić information content (AvgIpc) is 2.81. The fourth-order valence-corrected chi connectivity index (χ4v) is 2.26. The van der Waals surface area contributed by atoms with E-state index in [4.69, 9.17) is 35.4 Å². The van der Waals surface area contributed by atoms with Gasteiger partial charge in [0.2, 0.25) is 0 Å². The summed E-state index contributed by atoms with van der Waals surface area (Å²) in [5.74, 6) is 0. The van der Waals surface area contributed by atoms with Crippen LogP contribution in [0.15, 0.2) is 30.6 Å². The molecule has 4 nitrogen and oxygen atoms in total. The van der Waals surface area contributed by atoms with E-state index in [1.165, 1.54) is 0 Å². The third-order valence-corrected chi connectivity index (χ3v) is 3.54. The number of halogens is 2. The molecule has 20 heavy (non-hydrogen) atoms. The van der Waals surface area contributed by atoms with Crippen LogP contribution in [0.2, 0.25) is 10.0 Å². The van der Waals surface area contributed by atoms with Crippen LogP contribution in [0.25, 0.3) is 0 Å². The third kappa shape index (κ3) is 4.10. The number of benzene rings is 1. The Labute approximate surface area is 133 Å². The van der Waals surface area contributed by atoms with Gasteiger partial charge in [0.05, 0.1) is 28.5 Å². The number of rotatable bonds is 4. The van der Waals surface area contributed by atoms with Crippen molar-refractivity contribution >= 4 is 46.2 Å². The Balaban J connectivity index is 2.02. The van der Waals surface area contributed by atoms with Gasteiger partial charge in [0.15, 0.2) is 5.11 Å². The summed E-state index contributed by atoms with van der Waals surface area (Å²) >= 11 is 17.0. The smallest absolute Gasteiger partial charge is 0.170 e. The third-order valence-electron chi connectivity index (χ3n) is 2.56. The van der Waals surface area contributed by atoms with Gasteiger partial charge in [0.25, 0.3) is 0 Å². The second-order valence-corrected chi connectivity index (χ2v) is 5.38. The van der Waals surface area contributed by atoms with Gasteiger partial charge in [0.1, 0.15) is 0 Å². The number of nitrogens with zero attached hydrogens (tertiary/aromatic N) is 2. The van der Waals surface area contributed by atoms with Gasteiger partial charge in [0, 0.05) is 12.7 Å². The lowest BCUT2D eigenvalue weighted by molar-refractivity contribution is 0.687. The highest BCUT2D eigenvalue weighted by Crippen LogP contribution is 2.23. The lowest BCUT2D eigenvalue weighted by atomic mass is 10.2. The Bertz CT molecular complexity index is 612. The van der Waals surface area contributed by atoms with Crippen LogP contribution in [-0.4, -0.2) is 21.4 Å². The van der Waals surface area contributed by atoms with Crippen LogP contribution >= 0.6 is 35.4 Å². The highest BCUT2D eigenvalue weighted by atomic mass is 35.5. The van der Waals surface area contributed by atoms with E-state index in [9.17, 15) is 0 Å². The lowest BCUT2D eigenvalue weighted by Crippen LogP contribution is -2.27. The Morgan fingerprint density at radius 2 is 2.15 bits per heavy atom. The van der Waals surface area contributed by atoms with Gasteiger partial charge < -0.3 is 10.6 Å². The molecule has 2 N–H and O–H groups in total. The fourth-order valence-electron chi connectivity index (χ4n) is 1.68. The van der Waals surface area contributed by atoms with E-state index < -0.39 is 0 Å². The number of nitrogens with one attached hydrogen (secondary N) is 2. The molecule has 0 bridgehead atoms. The molecule has 2 rings (SSSR count). The van der Waals surface area contributed by atoms with E-state index in [1.54, 1.807) is 16.9 Å².